The molecule has 2 aromatic heterocycles. The van der Waals surface area contributed by atoms with Crippen LogP contribution in [-0.2, 0) is 19.0 Å². The highest BCUT2D eigenvalue weighted by Crippen LogP contribution is 2.33. The zero-order valence-electron chi connectivity index (χ0n) is 12.5. The third kappa shape index (κ3) is 2.29. The molecule has 1 N–H and O–H groups in total. The summed E-state index contributed by atoms with van der Waals surface area (Å²) in [5, 5.41) is 6.49. The van der Waals surface area contributed by atoms with E-state index in [1.807, 2.05) is 0 Å². The van der Waals surface area contributed by atoms with Gasteiger partial charge in [-0.1, -0.05) is 6.07 Å². The van der Waals surface area contributed by atoms with Gasteiger partial charge in [0.05, 0.1) is 29.0 Å². The standard InChI is InChI=1S/C16H13F3N4O/c17-16(18,19)11-2-1-3-12-14(11)15(24)23(8-20-12)10-5-4-9-7-21-22-13(9)6-10/h1-3,7-8,10H,4-6H2,(H,21,22)/t10-/m1/s1. The number of aromatic amines is 1. The first kappa shape index (κ1) is 14.9. The molecule has 0 spiro atoms. The van der Waals surface area contributed by atoms with E-state index in [9.17, 15) is 18.0 Å². The fraction of sp³-hybridized carbons (Fsp3) is 0.312. The zero-order valence-corrected chi connectivity index (χ0v) is 12.5. The van der Waals surface area contributed by atoms with E-state index < -0.39 is 17.3 Å². The molecule has 0 saturated carbocycles. The number of rotatable bonds is 1. The van der Waals surface area contributed by atoms with Crippen LogP contribution in [0.4, 0.5) is 13.2 Å². The largest absolute Gasteiger partial charge is 0.417 e. The third-order valence-electron chi connectivity index (χ3n) is 4.51. The Morgan fingerprint density at radius 2 is 2.12 bits per heavy atom. The van der Waals surface area contributed by atoms with Gasteiger partial charge in [0.1, 0.15) is 0 Å². The number of benzene rings is 1. The lowest BCUT2D eigenvalue weighted by molar-refractivity contribution is -0.136. The minimum atomic E-state index is -4.59. The number of nitrogens with one attached hydrogen (secondary N) is 1. The molecule has 24 heavy (non-hydrogen) atoms. The lowest BCUT2D eigenvalue weighted by Gasteiger charge is -2.24. The lowest BCUT2D eigenvalue weighted by Crippen LogP contribution is -2.30. The van der Waals surface area contributed by atoms with E-state index in [1.54, 1.807) is 6.20 Å². The molecule has 4 rings (SSSR count). The van der Waals surface area contributed by atoms with Crippen LogP contribution in [0.25, 0.3) is 10.9 Å². The van der Waals surface area contributed by atoms with Gasteiger partial charge in [0, 0.05) is 18.2 Å². The number of aryl methyl sites for hydroxylation is 1. The number of H-pyrrole nitrogens is 1. The van der Waals surface area contributed by atoms with Gasteiger partial charge in [-0.25, -0.2) is 4.98 Å². The van der Waals surface area contributed by atoms with Crippen molar-refractivity contribution >= 4 is 10.9 Å². The van der Waals surface area contributed by atoms with Gasteiger partial charge >= 0.3 is 6.18 Å². The minimum absolute atomic E-state index is 0.0594. The molecule has 2 heterocycles. The summed E-state index contributed by atoms with van der Waals surface area (Å²) in [5.74, 6) is 0. The highest BCUT2D eigenvalue weighted by molar-refractivity contribution is 5.81. The van der Waals surface area contributed by atoms with E-state index in [0.717, 1.165) is 23.7 Å². The van der Waals surface area contributed by atoms with Crippen LogP contribution >= 0.6 is 0 Å². The van der Waals surface area contributed by atoms with Crippen molar-refractivity contribution in [2.75, 3.05) is 0 Å². The summed E-state index contributed by atoms with van der Waals surface area (Å²) in [7, 11) is 0. The Morgan fingerprint density at radius 1 is 1.29 bits per heavy atom. The smallest absolute Gasteiger partial charge is 0.295 e. The molecule has 0 unspecified atom stereocenters. The molecule has 1 atom stereocenters. The van der Waals surface area contributed by atoms with Gasteiger partial charge in [0.2, 0.25) is 0 Å². The van der Waals surface area contributed by atoms with Crippen LogP contribution in [0.3, 0.4) is 0 Å². The van der Waals surface area contributed by atoms with Crippen LogP contribution in [0.2, 0.25) is 0 Å². The first-order valence-electron chi connectivity index (χ1n) is 7.53. The van der Waals surface area contributed by atoms with Crippen molar-refractivity contribution in [2.45, 2.75) is 31.5 Å². The predicted octanol–water partition coefficient (Wildman–Crippen LogP) is 2.87. The Balaban J connectivity index is 1.86. The molecular formula is C16H13F3N4O. The number of alkyl halides is 3. The molecule has 0 amide bonds. The lowest BCUT2D eigenvalue weighted by atomic mass is 9.93. The van der Waals surface area contributed by atoms with Crippen LogP contribution in [0, 0.1) is 0 Å². The number of hydrogen-bond acceptors (Lipinski definition) is 3. The molecule has 0 saturated heterocycles. The summed E-state index contributed by atoms with van der Waals surface area (Å²) >= 11 is 0. The van der Waals surface area contributed by atoms with Crippen LogP contribution < -0.4 is 5.56 Å². The topological polar surface area (TPSA) is 63.6 Å². The number of halogens is 3. The highest BCUT2D eigenvalue weighted by Gasteiger charge is 2.34. The van der Waals surface area contributed by atoms with E-state index in [-0.39, 0.29) is 16.9 Å². The maximum absolute atomic E-state index is 13.2. The second kappa shape index (κ2) is 5.19. The summed E-state index contributed by atoms with van der Waals surface area (Å²) in [5.41, 5.74) is 0.473. The average molecular weight is 334 g/mol. The van der Waals surface area contributed by atoms with E-state index >= 15 is 0 Å². The molecule has 1 aliphatic carbocycles. The molecule has 0 bridgehead atoms. The highest BCUT2D eigenvalue weighted by atomic mass is 19.4. The van der Waals surface area contributed by atoms with Crippen molar-refractivity contribution in [3.63, 3.8) is 0 Å². The summed E-state index contributed by atoms with van der Waals surface area (Å²) in [6, 6.07) is 3.37. The van der Waals surface area contributed by atoms with Gasteiger partial charge in [0.25, 0.3) is 5.56 Å². The number of hydrogen-bond donors (Lipinski definition) is 1. The molecule has 124 valence electrons. The van der Waals surface area contributed by atoms with Gasteiger partial charge in [-0.2, -0.15) is 18.3 Å². The van der Waals surface area contributed by atoms with Gasteiger partial charge < -0.3 is 0 Å². The van der Waals surface area contributed by atoms with E-state index in [2.05, 4.69) is 15.2 Å². The number of aromatic nitrogens is 4. The van der Waals surface area contributed by atoms with E-state index in [0.29, 0.717) is 12.8 Å². The third-order valence-corrected chi connectivity index (χ3v) is 4.51. The molecule has 1 aliphatic rings. The van der Waals surface area contributed by atoms with Gasteiger partial charge in [-0.3, -0.25) is 14.5 Å². The predicted molar refractivity (Wildman–Crippen MR) is 80.7 cm³/mol. The Morgan fingerprint density at radius 3 is 2.92 bits per heavy atom. The van der Waals surface area contributed by atoms with E-state index in [4.69, 9.17) is 0 Å². The number of fused-ring (bicyclic) bond motifs is 2. The maximum Gasteiger partial charge on any atom is 0.417 e. The number of nitrogens with zero attached hydrogens (tertiary/aromatic N) is 3. The van der Waals surface area contributed by atoms with Crippen molar-refractivity contribution in [2.24, 2.45) is 0 Å². The molecule has 0 aliphatic heterocycles. The monoisotopic (exact) mass is 334 g/mol. The van der Waals surface area contributed by atoms with Crippen molar-refractivity contribution in [1.29, 1.82) is 0 Å². The molecule has 0 fully saturated rings. The van der Waals surface area contributed by atoms with Gasteiger partial charge in [-0.15, -0.1) is 0 Å². The first-order chi connectivity index (χ1) is 11.4. The van der Waals surface area contributed by atoms with E-state index in [1.165, 1.54) is 23.0 Å². The van der Waals surface area contributed by atoms with Gasteiger partial charge in [0.15, 0.2) is 0 Å². The van der Waals surface area contributed by atoms with Crippen LogP contribution in [-0.4, -0.2) is 19.7 Å². The van der Waals surface area contributed by atoms with Crippen LogP contribution in [0.15, 0.2) is 35.5 Å². The summed E-state index contributed by atoms with van der Waals surface area (Å²) in [6.07, 6.45) is 0.403. The molecule has 0 radical (unpaired) electrons. The van der Waals surface area contributed by atoms with Crippen molar-refractivity contribution in [3.05, 3.63) is 57.9 Å². The summed E-state index contributed by atoms with van der Waals surface area (Å²) in [4.78, 5) is 16.8. The Labute approximate surface area is 134 Å². The van der Waals surface area contributed by atoms with Gasteiger partial charge in [-0.05, 0) is 30.5 Å². The average Bonchev–Trinajstić information content (AvgIpc) is 3.01. The molecule has 1 aromatic carbocycles. The van der Waals surface area contributed by atoms with Crippen LogP contribution in [0.5, 0.6) is 0 Å². The SMILES string of the molecule is O=c1c2c(C(F)(F)F)cccc2ncn1[C@@H]1CCc2cn[nH]c2C1. The summed E-state index contributed by atoms with van der Waals surface area (Å²) in [6.45, 7) is 0. The minimum Gasteiger partial charge on any atom is -0.295 e. The fourth-order valence-corrected chi connectivity index (χ4v) is 3.30. The zero-order chi connectivity index (χ0) is 16.9. The molecule has 3 aromatic rings. The van der Waals surface area contributed by atoms with Crippen molar-refractivity contribution < 1.29 is 13.2 Å². The quantitative estimate of drug-likeness (QED) is 0.744. The Bertz CT molecular complexity index is 973. The normalized spacial score (nSPS) is 17.9. The van der Waals surface area contributed by atoms with Crippen LogP contribution in [0.1, 0.15) is 29.3 Å². The van der Waals surface area contributed by atoms with Crippen molar-refractivity contribution in [3.8, 4) is 0 Å². The molecule has 5 nitrogen and oxygen atoms in total. The van der Waals surface area contributed by atoms with Crippen molar-refractivity contribution in [1.82, 2.24) is 19.7 Å². The second-order valence-electron chi connectivity index (χ2n) is 5.92. The second-order valence-corrected chi connectivity index (χ2v) is 5.92. The fourth-order valence-electron chi connectivity index (χ4n) is 3.30. The Hall–Kier alpha value is -2.64. The molecule has 8 heteroatoms. The molecular weight excluding hydrogens is 321 g/mol. The Kier molecular flexibility index (Phi) is 3.22. The summed E-state index contributed by atoms with van der Waals surface area (Å²) < 4.78 is 41.0. The first-order valence-corrected chi connectivity index (χ1v) is 7.53. The maximum atomic E-state index is 13.2.